The molecule has 0 bridgehead atoms. The largest absolute Gasteiger partial charge is 0.339 e. The summed E-state index contributed by atoms with van der Waals surface area (Å²) in [6.07, 6.45) is 13.1. The summed E-state index contributed by atoms with van der Waals surface area (Å²) in [5.41, 5.74) is 0. The number of amides is 1. The summed E-state index contributed by atoms with van der Waals surface area (Å²) in [5, 5.41) is 0. The SMILES string of the molecule is CCCCCCCCCC(=O)N1CCCCC1CCl. The summed E-state index contributed by atoms with van der Waals surface area (Å²) in [7, 11) is 0. The Balaban J connectivity index is 2.09. The molecule has 2 nitrogen and oxygen atoms in total. The Morgan fingerprint density at radius 3 is 2.47 bits per heavy atom. The van der Waals surface area contributed by atoms with E-state index < -0.39 is 0 Å². The van der Waals surface area contributed by atoms with E-state index >= 15 is 0 Å². The van der Waals surface area contributed by atoms with Gasteiger partial charge in [0.05, 0.1) is 0 Å². The van der Waals surface area contributed by atoms with Crippen LogP contribution in [0.1, 0.15) is 77.6 Å². The van der Waals surface area contributed by atoms with Gasteiger partial charge < -0.3 is 4.90 Å². The molecule has 112 valence electrons. The molecule has 1 aliphatic rings. The fourth-order valence-corrected chi connectivity index (χ4v) is 3.19. The van der Waals surface area contributed by atoms with E-state index in [1.807, 2.05) is 4.90 Å². The number of hydrogen-bond donors (Lipinski definition) is 0. The van der Waals surface area contributed by atoms with Gasteiger partial charge in [-0.2, -0.15) is 0 Å². The first-order valence-electron chi connectivity index (χ1n) is 8.15. The first-order valence-corrected chi connectivity index (χ1v) is 8.68. The number of piperidine rings is 1. The smallest absolute Gasteiger partial charge is 0.222 e. The maximum absolute atomic E-state index is 12.2. The van der Waals surface area contributed by atoms with Gasteiger partial charge >= 0.3 is 0 Å². The van der Waals surface area contributed by atoms with Gasteiger partial charge in [0.1, 0.15) is 0 Å². The summed E-state index contributed by atoms with van der Waals surface area (Å²) in [4.78, 5) is 14.2. The van der Waals surface area contributed by atoms with Crippen LogP contribution in [0.15, 0.2) is 0 Å². The van der Waals surface area contributed by atoms with E-state index in [0.717, 1.165) is 32.2 Å². The zero-order valence-electron chi connectivity index (χ0n) is 12.5. The normalized spacial score (nSPS) is 19.7. The number of nitrogens with zero attached hydrogens (tertiary/aromatic N) is 1. The number of carbonyl (C=O) groups is 1. The fourth-order valence-electron chi connectivity index (χ4n) is 2.87. The van der Waals surface area contributed by atoms with E-state index in [-0.39, 0.29) is 0 Å². The second-order valence-corrected chi connectivity index (χ2v) is 6.07. The molecule has 1 heterocycles. The molecule has 0 N–H and O–H groups in total. The summed E-state index contributed by atoms with van der Waals surface area (Å²) >= 11 is 5.96. The van der Waals surface area contributed by atoms with Crippen molar-refractivity contribution in [1.29, 1.82) is 0 Å². The molecule has 1 saturated heterocycles. The molecular weight excluding hydrogens is 258 g/mol. The average molecular weight is 288 g/mol. The van der Waals surface area contributed by atoms with Crippen molar-refractivity contribution in [2.75, 3.05) is 12.4 Å². The minimum Gasteiger partial charge on any atom is -0.339 e. The van der Waals surface area contributed by atoms with Crippen LogP contribution in [0.2, 0.25) is 0 Å². The van der Waals surface area contributed by atoms with Crippen molar-refractivity contribution in [1.82, 2.24) is 4.90 Å². The number of hydrogen-bond acceptors (Lipinski definition) is 1. The maximum Gasteiger partial charge on any atom is 0.222 e. The van der Waals surface area contributed by atoms with Gasteiger partial charge in [0, 0.05) is 24.9 Å². The van der Waals surface area contributed by atoms with Crippen LogP contribution in [-0.2, 0) is 4.79 Å². The van der Waals surface area contributed by atoms with Crippen LogP contribution in [0.5, 0.6) is 0 Å². The lowest BCUT2D eigenvalue weighted by Gasteiger charge is -2.34. The molecular formula is C16H30ClNO. The van der Waals surface area contributed by atoms with Gasteiger partial charge in [0.25, 0.3) is 0 Å². The maximum atomic E-state index is 12.2. The minimum absolute atomic E-state index is 0.299. The second-order valence-electron chi connectivity index (χ2n) is 5.76. The van der Waals surface area contributed by atoms with Crippen molar-refractivity contribution in [3.8, 4) is 0 Å². The molecule has 0 saturated carbocycles. The first-order chi connectivity index (χ1) is 9.29. The number of alkyl halides is 1. The quantitative estimate of drug-likeness (QED) is 0.443. The van der Waals surface area contributed by atoms with Crippen LogP contribution in [0, 0.1) is 0 Å². The van der Waals surface area contributed by atoms with Crippen LogP contribution in [0.4, 0.5) is 0 Å². The van der Waals surface area contributed by atoms with Gasteiger partial charge in [-0.3, -0.25) is 4.79 Å². The third kappa shape index (κ3) is 6.65. The number of halogens is 1. The van der Waals surface area contributed by atoms with Gasteiger partial charge in [-0.05, 0) is 25.7 Å². The molecule has 3 heteroatoms. The Bertz CT molecular complexity index is 245. The van der Waals surface area contributed by atoms with Crippen molar-refractivity contribution in [3.05, 3.63) is 0 Å². The number of likely N-dealkylation sites (tertiary alicyclic amines) is 1. The number of unbranched alkanes of at least 4 members (excludes halogenated alkanes) is 6. The average Bonchev–Trinajstić information content (AvgIpc) is 2.46. The standard InChI is InChI=1S/C16H30ClNO/c1-2-3-4-5-6-7-8-12-16(19)18-13-10-9-11-15(18)14-17/h15H,2-14H2,1H3. The molecule has 0 aliphatic carbocycles. The van der Waals surface area contributed by atoms with E-state index in [9.17, 15) is 4.79 Å². The van der Waals surface area contributed by atoms with E-state index in [4.69, 9.17) is 11.6 Å². The Morgan fingerprint density at radius 2 is 1.79 bits per heavy atom. The zero-order chi connectivity index (χ0) is 13.9. The van der Waals surface area contributed by atoms with Gasteiger partial charge in [0.2, 0.25) is 5.91 Å². The molecule has 0 aromatic carbocycles. The Hall–Kier alpha value is -0.240. The molecule has 1 aliphatic heterocycles. The lowest BCUT2D eigenvalue weighted by atomic mass is 10.0. The molecule has 0 aromatic heterocycles. The van der Waals surface area contributed by atoms with Crippen LogP contribution in [-0.4, -0.2) is 29.3 Å². The lowest BCUT2D eigenvalue weighted by molar-refractivity contribution is -0.134. The van der Waals surface area contributed by atoms with Crippen molar-refractivity contribution >= 4 is 17.5 Å². The monoisotopic (exact) mass is 287 g/mol. The molecule has 1 fully saturated rings. The Kier molecular flexibility index (Phi) is 9.32. The molecule has 19 heavy (non-hydrogen) atoms. The predicted octanol–water partition coefficient (Wildman–Crippen LogP) is 4.75. The van der Waals surface area contributed by atoms with E-state index in [2.05, 4.69) is 6.92 Å². The topological polar surface area (TPSA) is 20.3 Å². The summed E-state index contributed by atoms with van der Waals surface area (Å²) < 4.78 is 0. The summed E-state index contributed by atoms with van der Waals surface area (Å²) in [5.74, 6) is 0.932. The highest BCUT2D eigenvalue weighted by atomic mass is 35.5. The number of rotatable bonds is 9. The minimum atomic E-state index is 0.299. The zero-order valence-corrected chi connectivity index (χ0v) is 13.3. The Labute approximate surface area is 123 Å². The van der Waals surface area contributed by atoms with Gasteiger partial charge in [-0.1, -0.05) is 45.4 Å². The van der Waals surface area contributed by atoms with Crippen molar-refractivity contribution in [3.63, 3.8) is 0 Å². The van der Waals surface area contributed by atoms with Crippen molar-refractivity contribution in [2.45, 2.75) is 83.6 Å². The van der Waals surface area contributed by atoms with E-state index in [1.165, 1.54) is 44.9 Å². The molecule has 1 rings (SSSR count). The van der Waals surface area contributed by atoms with Crippen molar-refractivity contribution < 1.29 is 4.79 Å². The highest BCUT2D eigenvalue weighted by molar-refractivity contribution is 6.18. The van der Waals surface area contributed by atoms with Crippen LogP contribution in [0.25, 0.3) is 0 Å². The van der Waals surface area contributed by atoms with Gasteiger partial charge in [0.15, 0.2) is 0 Å². The third-order valence-electron chi connectivity index (χ3n) is 4.12. The fraction of sp³-hybridized carbons (Fsp3) is 0.938. The first kappa shape index (κ1) is 16.8. The highest BCUT2D eigenvalue weighted by Crippen LogP contribution is 2.20. The van der Waals surface area contributed by atoms with Crippen molar-refractivity contribution in [2.24, 2.45) is 0 Å². The summed E-state index contributed by atoms with van der Waals surface area (Å²) in [6, 6.07) is 0.299. The Morgan fingerprint density at radius 1 is 1.11 bits per heavy atom. The highest BCUT2D eigenvalue weighted by Gasteiger charge is 2.25. The summed E-state index contributed by atoms with van der Waals surface area (Å²) in [6.45, 7) is 3.16. The van der Waals surface area contributed by atoms with Crippen LogP contribution < -0.4 is 0 Å². The third-order valence-corrected chi connectivity index (χ3v) is 4.48. The lowest BCUT2D eigenvalue weighted by Crippen LogP contribution is -2.44. The molecule has 1 atom stereocenters. The number of carbonyl (C=O) groups excluding carboxylic acids is 1. The molecule has 1 unspecified atom stereocenters. The van der Waals surface area contributed by atoms with Gasteiger partial charge in [-0.15, -0.1) is 11.6 Å². The van der Waals surface area contributed by atoms with E-state index in [0.29, 0.717) is 17.8 Å². The molecule has 0 aromatic rings. The molecule has 1 amide bonds. The predicted molar refractivity (Wildman–Crippen MR) is 82.7 cm³/mol. The van der Waals surface area contributed by atoms with E-state index in [1.54, 1.807) is 0 Å². The second kappa shape index (κ2) is 10.5. The van der Waals surface area contributed by atoms with Crippen LogP contribution in [0.3, 0.4) is 0 Å². The van der Waals surface area contributed by atoms with Gasteiger partial charge in [-0.25, -0.2) is 0 Å². The molecule has 0 radical (unpaired) electrons. The van der Waals surface area contributed by atoms with Crippen LogP contribution >= 0.6 is 11.6 Å². The molecule has 0 spiro atoms.